The van der Waals surface area contributed by atoms with E-state index in [0.29, 0.717) is 28.0 Å². The molecule has 0 saturated heterocycles. The molecular weight excluding hydrogens is 340 g/mol. The quantitative estimate of drug-likeness (QED) is 0.555. The fourth-order valence-electron chi connectivity index (χ4n) is 3.21. The fraction of sp³-hybridized carbons (Fsp3) is 0.0435. The normalized spacial score (nSPS) is 12.8. The second-order valence-corrected chi connectivity index (χ2v) is 6.27. The molecule has 0 amide bonds. The van der Waals surface area contributed by atoms with Crippen molar-refractivity contribution in [2.45, 2.75) is 0 Å². The number of carbonyl (C=O) groups is 2. The van der Waals surface area contributed by atoms with Gasteiger partial charge in [0.2, 0.25) is 0 Å². The highest BCUT2D eigenvalue weighted by Crippen LogP contribution is 2.29. The second kappa shape index (κ2) is 6.57. The molecule has 3 aromatic rings. The van der Waals surface area contributed by atoms with Gasteiger partial charge in [0.05, 0.1) is 7.11 Å². The number of hydrogen-bond acceptors (Lipinski definition) is 4. The summed E-state index contributed by atoms with van der Waals surface area (Å²) in [5.41, 5.74) is 3.40. The summed E-state index contributed by atoms with van der Waals surface area (Å²) in [6, 6.07) is 17.2. The van der Waals surface area contributed by atoms with Crippen LogP contribution < -0.4 is 4.74 Å². The first-order valence-electron chi connectivity index (χ1n) is 8.46. The Labute approximate surface area is 156 Å². The molecule has 0 aromatic heterocycles. The number of phenols is 1. The van der Waals surface area contributed by atoms with Gasteiger partial charge in [-0.05, 0) is 35.4 Å². The molecule has 27 heavy (non-hydrogen) atoms. The topological polar surface area (TPSA) is 63.6 Å². The number of ether oxygens (including phenoxy) is 1. The SMILES string of the molecule is COc1cc(/C=C/c2ccc3c(c2)C(=O)c2ccccc2C3=O)ccc1O. The number of phenolic OH excluding ortho intramolecular Hbond substituents is 1. The Morgan fingerprint density at radius 2 is 1.30 bits per heavy atom. The van der Waals surface area contributed by atoms with E-state index in [1.54, 1.807) is 54.6 Å². The minimum atomic E-state index is -0.137. The van der Waals surface area contributed by atoms with E-state index < -0.39 is 0 Å². The van der Waals surface area contributed by atoms with Gasteiger partial charge < -0.3 is 9.84 Å². The number of carbonyl (C=O) groups excluding carboxylic acids is 2. The molecule has 4 rings (SSSR count). The lowest BCUT2D eigenvalue weighted by atomic mass is 9.83. The van der Waals surface area contributed by atoms with E-state index in [0.717, 1.165) is 11.1 Å². The lowest BCUT2D eigenvalue weighted by molar-refractivity contribution is 0.0979. The minimum Gasteiger partial charge on any atom is -0.504 e. The van der Waals surface area contributed by atoms with Gasteiger partial charge >= 0.3 is 0 Å². The van der Waals surface area contributed by atoms with Crippen molar-refractivity contribution < 1.29 is 19.4 Å². The van der Waals surface area contributed by atoms with Crippen LogP contribution in [0.3, 0.4) is 0 Å². The van der Waals surface area contributed by atoms with Gasteiger partial charge in [-0.25, -0.2) is 0 Å². The maximum atomic E-state index is 12.8. The molecule has 0 heterocycles. The van der Waals surface area contributed by atoms with Crippen molar-refractivity contribution in [1.29, 1.82) is 0 Å². The molecule has 0 fully saturated rings. The van der Waals surface area contributed by atoms with Crippen molar-refractivity contribution in [1.82, 2.24) is 0 Å². The van der Waals surface area contributed by atoms with E-state index in [1.807, 2.05) is 18.2 Å². The van der Waals surface area contributed by atoms with Gasteiger partial charge in [-0.2, -0.15) is 0 Å². The smallest absolute Gasteiger partial charge is 0.194 e. The van der Waals surface area contributed by atoms with E-state index in [-0.39, 0.29) is 17.3 Å². The lowest BCUT2D eigenvalue weighted by Gasteiger charge is -2.17. The molecule has 1 aliphatic carbocycles. The van der Waals surface area contributed by atoms with Crippen molar-refractivity contribution in [2.75, 3.05) is 7.11 Å². The average Bonchev–Trinajstić information content (AvgIpc) is 2.71. The molecule has 0 spiro atoms. The summed E-state index contributed by atoms with van der Waals surface area (Å²) < 4.78 is 5.11. The third-order valence-corrected chi connectivity index (χ3v) is 4.62. The zero-order valence-corrected chi connectivity index (χ0v) is 14.6. The molecule has 1 N–H and O–H groups in total. The standard InChI is InChI=1S/C23H16O4/c1-27-21-13-15(9-11-20(21)24)7-6-14-8-10-18-19(12-14)23(26)17-5-3-2-4-16(17)22(18)25/h2-13,24H,1H3/b7-6+. The molecule has 132 valence electrons. The summed E-state index contributed by atoms with van der Waals surface area (Å²) >= 11 is 0. The Morgan fingerprint density at radius 3 is 1.96 bits per heavy atom. The molecule has 0 radical (unpaired) electrons. The van der Waals surface area contributed by atoms with Gasteiger partial charge in [0.15, 0.2) is 23.1 Å². The van der Waals surface area contributed by atoms with Crippen LogP contribution in [0.4, 0.5) is 0 Å². The molecule has 1 aliphatic rings. The molecule has 0 aliphatic heterocycles. The Balaban J connectivity index is 1.69. The van der Waals surface area contributed by atoms with Gasteiger partial charge in [0, 0.05) is 22.3 Å². The van der Waals surface area contributed by atoms with Crippen LogP contribution in [-0.4, -0.2) is 23.8 Å². The molecule has 4 heteroatoms. The van der Waals surface area contributed by atoms with Crippen LogP contribution in [0.25, 0.3) is 12.2 Å². The van der Waals surface area contributed by atoms with Crippen LogP contribution in [0.2, 0.25) is 0 Å². The number of ketones is 2. The van der Waals surface area contributed by atoms with Crippen molar-refractivity contribution >= 4 is 23.7 Å². The number of aromatic hydroxyl groups is 1. The Morgan fingerprint density at radius 1 is 0.741 bits per heavy atom. The van der Waals surface area contributed by atoms with Crippen molar-refractivity contribution in [3.05, 3.63) is 94.0 Å². The van der Waals surface area contributed by atoms with Crippen molar-refractivity contribution in [2.24, 2.45) is 0 Å². The van der Waals surface area contributed by atoms with Gasteiger partial charge in [-0.15, -0.1) is 0 Å². The van der Waals surface area contributed by atoms with Crippen molar-refractivity contribution in [3.8, 4) is 11.5 Å². The highest BCUT2D eigenvalue weighted by molar-refractivity contribution is 6.28. The molecule has 3 aromatic carbocycles. The number of rotatable bonds is 3. The van der Waals surface area contributed by atoms with Gasteiger partial charge in [0.1, 0.15) is 0 Å². The summed E-state index contributed by atoms with van der Waals surface area (Å²) in [5, 5.41) is 9.67. The Hall–Kier alpha value is -3.66. The number of benzene rings is 3. The van der Waals surface area contributed by atoms with E-state index >= 15 is 0 Å². The summed E-state index contributed by atoms with van der Waals surface area (Å²) in [6.07, 6.45) is 3.71. The zero-order chi connectivity index (χ0) is 19.0. The maximum Gasteiger partial charge on any atom is 0.194 e. The van der Waals surface area contributed by atoms with Gasteiger partial charge in [-0.1, -0.05) is 48.6 Å². The fourth-order valence-corrected chi connectivity index (χ4v) is 3.21. The molecule has 0 bridgehead atoms. The molecular formula is C23H16O4. The van der Waals surface area contributed by atoms with E-state index in [9.17, 15) is 14.7 Å². The van der Waals surface area contributed by atoms with E-state index in [4.69, 9.17) is 4.74 Å². The number of hydrogen-bond donors (Lipinski definition) is 1. The molecule has 4 nitrogen and oxygen atoms in total. The maximum absolute atomic E-state index is 12.8. The van der Waals surface area contributed by atoms with Crippen LogP contribution in [0, 0.1) is 0 Å². The first-order chi connectivity index (χ1) is 13.1. The predicted molar refractivity (Wildman–Crippen MR) is 103 cm³/mol. The Bertz CT molecular complexity index is 1110. The third-order valence-electron chi connectivity index (χ3n) is 4.62. The highest BCUT2D eigenvalue weighted by atomic mass is 16.5. The largest absolute Gasteiger partial charge is 0.504 e. The second-order valence-electron chi connectivity index (χ2n) is 6.27. The van der Waals surface area contributed by atoms with E-state index in [2.05, 4.69) is 0 Å². The zero-order valence-electron chi connectivity index (χ0n) is 14.6. The monoisotopic (exact) mass is 356 g/mol. The number of methoxy groups -OCH3 is 1. The Kier molecular flexibility index (Phi) is 4.09. The summed E-state index contributed by atoms with van der Waals surface area (Å²) in [6.45, 7) is 0. The molecule has 0 saturated carbocycles. The van der Waals surface area contributed by atoms with Gasteiger partial charge in [-0.3, -0.25) is 9.59 Å². The van der Waals surface area contributed by atoms with Crippen molar-refractivity contribution in [3.63, 3.8) is 0 Å². The predicted octanol–water partition coefficient (Wildman–Crippen LogP) is 4.35. The number of fused-ring (bicyclic) bond motifs is 2. The summed E-state index contributed by atoms with van der Waals surface area (Å²) in [5.74, 6) is 0.201. The summed E-state index contributed by atoms with van der Waals surface area (Å²) in [7, 11) is 1.49. The lowest BCUT2D eigenvalue weighted by Crippen LogP contribution is -2.20. The van der Waals surface area contributed by atoms with Crippen LogP contribution in [-0.2, 0) is 0 Å². The van der Waals surface area contributed by atoms with Crippen LogP contribution in [0.5, 0.6) is 11.5 Å². The first-order valence-corrected chi connectivity index (χ1v) is 8.46. The minimum absolute atomic E-state index is 0.0752. The van der Waals surface area contributed by atoms with Crippen LogP contribution in [0.15, 0.2) is 60.7 Å². The summed E-state index contributed by atoms with van der Waals surface area (Å²) in [4.78, 5) is 25.4. The molecule has 0 unspecified atom stereocenters. The van der Waals surface area contributed by atoms with Gasteiger partial charge in [0.25, 0.3) is 0 Å². The van der Waals surface area contributed by atoms with Crippen LogP contribution in [0.1, 0.15) is 43.0 Å². The average molecular weight is 356 g/mol. The molecule has 0 atom stereocenters. The van der Waals surface area contributed by atoms with Crippen LogP contribution >= 0.6 is 0 Å². The third kappa shape index (κ3) is 2.91. The first kappa shape index (κ1) is 16.8. The van der Waals surface area contributed by atoms with E-state index in [1.165, 1.54) is 7.11 Å². The highest BCUT2D eigenvalue weighted by Gasteiger charge is 2.29.